The van der Waals surface area contributed by atoms with Crippen molar-refractivity contribution in [2.75, 3.05) is 0 Å². The number of carbonyl (C=O) groups is 2. The van der Waals surface area contributed by atoms with Crippen molar-refractivity contribution >= 4 is 12.0 Å². The highest BCUT2D eigenvalue weighted by Gasteiger charge is 2.16. The summed E-state index contributed by atoms with van der Waals surface area (Å²) < 4.78 is 10.7. The molecule has 30 heavy (non-hydrogen) atoms. The van der Waals surface area contributed by atoms with Crippen LogP contribution in [0.4, 0.5) is 4.79 Å². The van der Waals surface area contributed by atoms with Gasteiger partial charge in [-0.2, -0.15) is 0 Å². The van der Waals surface area contributed by atoms with Gasteiger partial charge in [-0.05, 0) is 38.5 Å². The quantitative estimate of drug-likeness (QED) is 0.636. The largest absolute Gasteiger partial charge is 0.444 e. The molecule has 0 aliphatic carbocycles. The van der Waals surface area contributed by atoms with Crippen molar-refractivity contribution in [1.82, 2.24) is 15.6 Å². The zero-order valence-corrected chi connectivity index (χ0v) is 17.3. The van der Waals surface area contributed by atoms with Crippen molar-refractivity contribution in [3.05, 3.63) is 77.8 Å². The summed E-state index contributed by atoms with van der Waals surface area (Å²) in [4.78, 5) is 28.4. The van der Waals surface area contributed by atoms with Crippen LogP contribution in [0.15, 0.2) is 65.4 Å². The van der Waals surface area contributed by atoms with Gasteiger partial charge in [0.05, 0.1) is 6.54 Å². The summed E-state index contributed by atoms with van der Waals surface area (Å²) in [5, 5.41) is 5.55. The Balaban J connectivity index is 1.53. The molecule has 0 spiro atoms. The monoisotopic (exact) mass is 407 g/mol. The lowest BCUT2D eigenvalue weighted by Gasteiger charge is -2.19. The third-order valence-corrected chi connectivity index (χ3v) is 4.15. The number of nitrogens with one attached hydrogen (secondary N) is 2. The zero-order valence-electron chi connectivity index (χ0n) is 17.3. The third-order valence-electron chi connectivity index (χ3n) is 4.15. The first kappa shape index (κ1) is 21.1. The fraction of sp³-hybridized carbons (Fsp3) is 0.261. The van der Waals surface area contributed by atoms with Crippen LogP contribution in [0.25, 0.3) is 11.3 Å². The molecule has 0 saturated carbocycles. The molecule has 0 unspecified atom stereocenters. The number of oxazole rings is 1. The Bertz CT molecular complexity index is 989. The Labute approximate surface area is 175 Å². The molecule has 2 N–H and O–H groups in total. The van der Waals surface area contributed by atoms with Crippen molar-refractivity contribution in [1.29, 1.82) is 0 Å². The molecule has 1 heterocycles. The Morgan fingerprint density at radius 3 is 2.33 bits per heavy atom. The minimum Gasteiger partial charge on any atom is -0.444 e. The molecule has 0 saturated heterocycles. The van der Waals surface area contributed by atoms with E-state index in [9.17, 15) is 9.59 Å². The smallest absolute Gasteiger partial charge is 0.407 e. The number of carbonyl (C=O) groups excluding carboxylic acids is 2. The topological polar surface area (TPSA) is 93.5 Å². The van der Waals surface area contributed by atoms with Crippen LogP contribution < -0.4 is 10.6 Å². The molecule has 0 aliphatic rings. The van der Waals surface area contributed by atoms with E-state index in [1.54, 1.807) is 24.3 Å². The lowest BCUT2D eigenvalue weighted by atomic mass is 10.1. The van der Waals surface area contributed by atoms with Gasteiger partial charge in [0.2, 0.25) is 0 Å². The zero-order chi connectivity index (χ0) is 21.6. The third kappa shape index (κ3) is 5.94. The van der Waals surface area contributed by atoms with E-state index in [4.69, 9.17) is 9.15 Å². The van der Waals surface area contributed by atoms with Crippen LogP contribution in [0.1, 0.15) is 42.4 Å². The number of amides is 2. The lowest BCUT2D eigenvalue weighted by molar-refractivity contribution is 0.0523. The summed E-state index contributed by atoms with van der Waals surface area (Å²) in [7, 11) is 0. The van der Waals surface area contributed by atoms with Gasteiger partial charge in [0, 0.05) is 17.7 Å². The van der Waals surface area contributed by atoms with Gasteiger partial charge in [0.1, 0.15) is 11.3 Å². The van der Waals surface area contributed by atoms with Crippen LogP contribution in [-0.4, -0.2) is 22.6 Å². The maximum Gasteiger partial charge on any atom is 0.407 e. The lowest BCUT2D eigenvalue weighted by Crippen LogP contribution is -2.32. The first-order chi connectivity index (χ1) is 14.3. The second-order valence-electron chi connectivity index (χ2n) is 7.73. The molecule has 2 amide bonds. The van der Waals surface area contributed by atoms with Gasteiger partial charge in [-0.15, -0.1) is 0 Å². The molecule has 2 aromatic carbocycles. The Hall–Kier alpha value is -3.61. The van der Waals surface area contributed by atoms with E-state index in [1.165, 1.54) is 6.39 Å². The number of aromatic nitrogens is 1. The highest BCUT2D eigenvalue weighted by molar-refractivity contribution is 5.94. The molecular formula is C23H25N3O4. The molecule has 0 radical (unpaired) electrons. The van der Waals surface area contributed by atoms with E-state index in [2.05, 4.69) is 15.6 Å². The summed E-state index contributed by atoms with van der Waals surface area (Å²) in [6.07, 6.45) is 0.891. The van der Waals surface area contributed by atoms with Gasteiger partial charge in [0.25, 0.3) is 5.91 Å². The van der Waals surface area contributed by atoms with Crippen LogP contribution in [0.2, 0.25) is 0 Å². The highest BCUT2D eigenvalue weighted by atomic mass is 16.6. The number of ether oxygens (including phenoxy) is 1. The van der Waals surface area contributed by atoms with E-state index in [-0.39, 0.29) is 12.5 Å². The van der Waals surface area contributed by atoms with E-state index < -0.39 is 11.7 Å². The van der Waals surface area contributed by atoms with Gasteiger partial charge in [-0.25, -0.2) is 9.78 Å². The van der Waals surface area contributed by atoms with Crippen molar-refractivity contribution in [3.63, 3.8) is 0 Å². The number of hydrogen-bond donors (Lipinski definition) is 2. The average Bonchev–Trinajstić information content (AvgIpc) is 3.19. The van der Waals surface area contributed by atoms with Crippen molar-refractivity contribution in [2.45, 2.75) is 39.5 Å². The molecular weight excluding hydrogens is 382 g/mol. The SMILES string of the molecule is CC(C)(C)OC(=O)NCc1ccc(C(=O)NCc2ncoc2-c2ccccc2)cc1. The number of nitrogens with zero attached hydrogens (tertiary/aromatic N) is 1. The minimum atomic E-state index is -0.545. The predicted octanol–water partition coefficient (Wildman–Crippen LogP) is 4.30. The fourth-order valence-electron chi connectivity index (χ4n) is 2.75. The molecule has 1 aromatic heterocycles. The standard InChI is InChI=1S/C23H25N3O4/c1-23(2,3)30-22(28)25-13-16-9-11-18(12-10-16)21(27)24-14-19-20(29-15-26-19)17-7-5-4-6-8-17/h4-12,15H,13-14H2,1-3H3,(H,24,27)(H,25,28). The Kier molecular flexibility index (Phi) is 6.51. The van der Waals surface area contributed by atoms with Crippen LogP contribution in [-0.2, 0) is 17.8 Å². The first-order valence-corrected chi connectivity index (χ1v) is 9.63. The summed E-state index contributed by atoms with van der Waals surface area (Å²) in [5.74, 6) is 0.420. The van der Waals surface area contributed by atoms with Crippen molar-refractivity contribution in [2.24, 2.45) is 0 Å². The maximum atomic E-state index is 12.5. The van der Waals surface area contributed by atoms with E-state index >= 15 is 0 Å². The molecule has 0 aliphatic heterocycles. The highest BCUT2D eigenvalue weighted by Crippen LogP contribution is 2.22. The molecule has 3 rings (SSSR count). The van der Waals surface area contributed by atoms with Gasteiger partial charge in [0.15, 0.2) is 12.2 Å². The predicted molar refractivity (Wildman–Crippen MR) is 113 cm³/mol. The van der Waals surface area contributed by atoms with Crippen LogP contribution in [0.3, 0.4) is 0 Å². The number of alkyl carbamates (subject to hydrolysis) is 1. The van der Waals surface area contributed by atoms with E-state index in [1.807, 2.05) is 51.1 Å². The second kappa shape index (κ2) is 9.26. The van der Waals surface area contributed by atoms with Crippen LogP contribution in [0.5, 0.6) is 0 Å². The normalized spacial score (nSPS) is 11.0. The van der Waals surface area contributed by atoms with Crippen molar-refractivity contribution in [3.8, 4) is 11.3 Å². The molecule has 0 fully saturated rings. The number of hydrogen-bond acceptors (Lipinski definition) is 5. The molecule has 0 atom stereocenters. The van der Waals surface area contributed by atoms with Crippen LogP contribution in [0, 0.1) is 0 Å². The maximum absolute atomic E-state index is 12.5. The average molecular weight is 407 g/mol. The summed E-state index contributed by atoms with van der Waals surface area (Å²) in [6.45, 7) is 5.99. The minimum absolute atomic E-state index is 0.219. The molecule has 7 heteroatoms. The van der Waals surface area contributed by atoms with Gasteiger partial charge in [-0.1, -0.05) is 42.5 Å². The van der Waals surface area contributed by atoms with E-state index in [0.717, 1.165) is 11.1 Å². The molecule has 156 valence electrons. The van der Waals surface area contributed by atoms with Gasteiger partial charge in [-0.3, -0.25) is 4.79 Å². The molecule has 0 bridgehead atoms. The fourth-order valence-corrected chi connectivity index (χ4v) is 2.75. The molecule has 7 nitrogen and oxygen atoms in total. The number of rotatable bonds is 6. The van der Waals surface area contributed by atoms with Crippen molar-refractivity contribution < 1.29 is 18.7 Å². The molecule has 3 aromatic rings. The van der Waals surface area contributed by atoms with Crippen LogP contribution >= 0.6 is 0 Å². The van der Waals surface area contributed by atoms with Gasteiger partial charge >= 0.3 is 6.09 Å². The first-order valence-electron chi connectivity index (χ1n) is 9.63. The van der Waals surface area contributed by atoms with Gasteiger partial charge < -0.3 is 19.8 Å². The number of benzene rings is 2. The second-order valence-corrected chi connectivity index (χ2v) is 7.73. The Morgan fingerprint density at radius 1 is 0.967 bits per heavy atom. The van der Waals surface area contributed by atoms with E-state index in [0.29, 0.717) is 23.6 Å². The summed E-state index contributed by atoms with van der Waals surface area (Å²) in [5.41, 5.74) is 2.39. The summed E-state index contributed by atoms with van der Waals surface area (Å²) in [6, 6.07) is 16.6. The Morgan fingerprint density at radius 2 is 1.67 bits per heavy atom. The summed E-state index contributed by atoms with van der Waals surface area (Å²) >= 11 is 0.